The van der Waals surface area contributed by atoms with Gasteiger partial charge in [-0.2, -0.15) is 0 Å². The van der Waals surface area contributed by atoms with E-state index in [0.29, 0.717) is 24.2 Å². The topological polar surface area (TPSA) is 17.1 Å². The first-order chi connectivity index (χ1) is 8.55. The van der Waals surface area contributed by atoms with Gasteiger partial charge in [0.2, 0.25) is 11.0 Å². The number of thioether (sulfide) groups is 1. The molecule has 0 aliphatic rings. The highest BCUT2D eigenvalue weighted by Crippen LogP contribution is 2.27. The van der Waals surface area contributed by atoms with E-state index < -0.39 is 5.92 Å². The summed E-state index contributed by atoms with van der Waals surface area (Å²) in [6, 6.07) is 8.90. The minimum atomic E-state index is -2.58. The van der Waals surface area contributed by atoms with Crippen molar-refractivity contribution < 1.29 is 13.6 Å². The minimum Gasteiger partial charge on any atom is -0.282 e. The van der Waals surface area contributed by atoms with Crippen molar-refractivity contribution in [1.29, 1.82) is 0 Å². The molecule has 0 N–H and O–H groups in total. The predicted molar refractivity (Wildman–Crippen MR) is 72.3 cm³/mol. The smallest absolute Gasteiger partial charge is 0.248 e. The number of carbonyl (C=O) groups excluding carboxylic acids is 1. The number of hydrogen-bond acceptors (Lipinski definition) is 2. The third kappa shape index (κ3) is 5.63. The van der Waals surface area contributed by atoms with Gasteiger partial charge >= 0.3 is 0 Å². The van der Waals surface area contributed by atoms with Crippen molar-refractivity contribution in [2.24, 2.45) is 0 Å². The monoisotopic (exact) mass is 272 g/mol. The van der Waals surface area contributed by atoms with E-state index in [0.717, 1.165) is 11.8 Å². The average molecular weight is 272 g/mol. The van der Waals surface area contributed by atoms with Crippen LogP contribution < -0.4 is 0 Å². The van der Waals surface area contributed by atoms with Crippen LogP contribution >= 0.6 is 11.8 Å². The Kier molecular flexibility index (Phi) is 6.33. The maximum atomic E-state index is 13.2. The summed E-state index contributed by atoms with van der Waals surface area (Å²) in [6.07, 6.45) is 0.666. The molecule has 0 aliphatic carbocycles. The van der Waals surface area contributed by atoms with E-state index in [4.69, 9.17) is 0 Å². The number of halogens is 2. The van der Waals surface area contributed by atoms with E-state index in [1.165, 1.54) is 0 Å². The van der Waals surface area contributed by atoms with Crippen LogP contribution in [0.3, 0.4) is 0 Å². The van der Waals surface area contributed by atoms with Crippen LogP contribution in [-0.4, -0.2) is 16.8 Å². The van der Waals surface area contributed by atoms with E-state index in [9.17, 15) is 13.6 Å². The maximum Gasteiger partial charge on any atom is 0.248 e. The summed E-state index contributed by atoms with van der Waals surface area (Å²) in [4.78, 5) is 11.7. The molecule has 0 atom stereocenters. The molecule has 1 aromatic rings. The van der Waals surface area contributed by atoms with Crippen molar-refractivity contribution in [1.82, 2.24) is 0 Å². The van der Waals surface area contributed by atoms with Gasteiger partial charge in [-0.15, -0.1) is 0 Å². The Morgan fingerprint density at radius 1 is 1.22 bits per heavy atom. The van der Waals surface area contributed by atoms with Crippen LogP contribution in [0.25, 0.3) is 0 Å². The normalized spacial score (nSPS) is 11.5. The molecule has 1 nitrogen and oxygen atoms in total. The maximum absolute atomic E-state index is 13.2. The Hall–Kier alpha value is -0.900. The van der Waals surface area contributed by atoms with Crippen LogP contribution in [0.15, 0.2) is 30.3 Å². The van der Waals surface area contributed by atoms with Gasteiger partial charge in [0.15, 0.2) is 0 Å². The van der Waals surface area contributed by atoms with Gasteiger partial charge < -0.3 is 0 Å². The second-order valence-corrected chi connectivity index (χ2v) is 5.28. The van der Waals surface area contributed by atoms with Crippen LogP contribution in [0.5, 0.6) is 0 Å². The first-order valence-electron chi connectivity index (χ1n) is 6.15. The third-order valence-corrected chi connectivity index (χ3v) is 3.54. The Balaban J connectivity index is 2.25. The molecule has 18 heavy (non-hydrogen) atoms. The zero-order valence-corrected chi connectivity index (χ0v) is 11.3. The Morgan fingerprint density at radius 2 is 1.89 bits per heavy atom. The molecule has 0 bridgehead atoms. The summed E-state index contributed by atoms with van der Waals surface area (Å²) in [5.74, 6) is -2.13. The molecule has 4 heteroatoms. The number of alkyl halides is 2. The van der Waals surface area contributed by atoms with E-state index in [2.05, 4.69) is 0 Å². The predicted octanol–water partition coefficient (Wildman–Crippen LogP) is 4.78. The van der Waals surface area contributed by atoms with E-state index >= 15 is 0 Å². The molecule has 0 aliphatic heterocycles. The van der Waals surface area contributed by atoms with Gasteiger partial charge in [-0.25, -0.2) is 8.78 Å². The summed E-state index contributed by atoms with van der Waals surface area (Å²) in [6.45, 7) is 1.75. The lowest BCUT2D eigenvalue weighted by Crippen LogP contribution is -2.15. The van der Waals surface area contributed by atoms with Gasteiger partial charge in [-0.05, 0) is 6.42 Å². The molecule has 0 aromatic heterocycles. The summed E-state index contributed by atoms with van der Waals surface area (Å²) in [5.41, 5.74) is 0.628. The Labute approximate surface area is 111 Å². The molecule has 0 unspecified atom stereocenters. The number of carbonyl (C=O) groups is 1. The van der Waals surface area contributed by atoms with E-state index in [1.807, 2.05) is 6.07 Å². The SMILES string of the molecule is CCCC(F)(F)CCCSC(=O)c1ccccc1. The lowest BCUT2D eigenvalue weighted by atomic mass is 10.1. The fourth-order valence-corrected chi connectivity index (χ4v) is 2.42. The van der Waals surface area contributed by atoms with Crippen molar-refractivity contribution in [2.75, 3.05) is 5.75 Å². The van der Waals surface area contributed by atoms with Crippen LogP contribution in [0, 0.1) is 0 Å². The summed E-state index contributed by atoms with van der Waals surface area (Å²) < 4.78 is 26.4. The van der Waals surface area contributed by atoms with Gasteiger partial charge in [0.05, 0.1) is 0 Å². The van der Waals surface area contributed by atoms with Gasteiger partial charge in [0.1, 0.15) is 0 Å². The molecule has 0 saturated carbocycles. The number of rotatable bonds is 7. The lowest BCUT2D eigenvalue weighted by molar-refractivity contribution is -0.0170. The minimum absolute atomic E-state index is 0.0468. The second kappa shape index (κ2) is 7.52. The summed E-state index contributed by atoms with van der Waals surface area (Å²) >= 11 is 1.12. The van der Waals surface area contributed by atoms with Crippen LogP contribution in [0.2, 0.25) is 0 Å². The standard InChI is InChI=1S/C14H18F2OS/c1-2-9-14(15,16)10-6-11-18-13(17)12-7-4-3-5-8-12/h3-5,7-8H,2,6,9-11H2,1H3. The van der Waals surface area contributed by atoms with Crippen molar-refractivity contribution in [3.05, 3.63) is 35.9 Å². The number of benzene rings is 1. The van der Waals surface area contributed by atoms with Crippen LogP contribution in [0.4, 0.5) is 8.78 Å². The molecule has 0 amide bonds. The van der Waals surface area contributed by atoms with Crippen molar-refractivity contribution in [3.8, 4) is 0 Å². The third-order valence-electron chi connectivity index (χ3n) is 2.55. The van der Waals surface area contributed by atoms with Crippen molar-refractivity contribution >= 4 is 16.9 Å². The molecule has 1 rings (SSSR count). The zero-order valence-electron chi connectivity index (χ0n) is 10.5. The van der Waals surface area contributed by atoms with Gasteiger partial charge in [0.25, 0.3) is 0 Å². The van der Waals surface area contributed by atoms with Crippen LogP contribution in [0.1, 0.15) is 43.0 Å². The van der Waals surface area contributed by atoms with E-state index in [-0.39, 0.29) is 18.0 Å². The highest BCUT2D eigenvalue weighted by Gasteiger charge is 2.26. The molecule has 0 heterocycles. The zero-order chi connectivity index (χ0) is 13.4. The fraction of sp³-hybridized carbons (Fsp3) is 0.500. The number of hydrogen-bond donors (Lipinski definition) is 0. The molecular formula is C14H18F2OS. The Bertz CT molecular complexity index is 365. The largest absolute Gasteiger partial charge is 0.282 e. The quantitative estimate of drug-likeness (QED) is 0.665. The van der Waals surface area contributed by atoms with Gasteiger partial charge in [-0.1, -0.05) is 55.4 Å². The molecule has 100 valence electrons. The lowest BCUT2D eigenvalue weighted by Gasteiger charge is -2.14. The second-order valence-electron chi connectivity index (χ2n) is 4.21. The molecule has 1 aromatic carbocycles. The first-order valence-corrected chi connectivity index (χ1v) is 7.14. The Morgan fingerprint density at radius 3 is 2.50 bits per heavy atom. The molecule has 0 fully saturated rings. The fourth-order valence-electron chi connectivity index (χ4n) is 1.64. The van der Waals surface area contributed by atoms with Crippen molar-refractivity contribution in [2.45, 2.75) is 38.5 Å². The molecule has 0 radical (unpaired) electrons. The molecular weight excluding hydrogens is 254 g/mol. The van der Waals surface area contributed by atoms with Crippen LogP contribution in [-0.2, 0) is 0 Å². The van der Waals surface area contributed by atoms with Crippen molar-refractivity contribution in [3.63, 3.8) is 0 Å². The summed E-state index contributed by atoms with van der Waals surface area (Å²) in [7, 11) is 0. The average Bonchev–Trinajstić information content (AvgIpc) is 2.35. The van der Waals surface area contributed by atoms with Gasteiger partial charge in [-0.3, -0.25) is 4.79 Å². The summed E-state index contributed by atoms with van der Waals surface area (Å²) in [5, 5.41) is -0.0468. The van der Waals surface area contributed by atoms with Gasteiger partial charge in [0, 0.05) is 24.2 Å². The van der Waals surface area contributed by atoms with E-state index in [1.54, 1.807) is 31.2 Å². The molecule has 0 saturated heterocycles. The first kappa shape index (κ1) is 15.2. The molecule has 0 spiro atoms. The highest BCUT2D eigenvalue weighted by molar-refractivity contribution is 8.14. The highest BCUT2D eigenvalue weighted by atomic mass is 32.2.